The van der Waals surface area contributed by atoms with Crippen LogP contribution in [-0.4, -0.2) is 10.9 Å². The summed E-state index contributed by atoms with van der Waals surface area (Å²) in [5, 5.41) is 2.96. The molecule has 1 aromatic carbocycles. The topological polar surface area (TPSA) is 42.0 Å². The Hall–Kier alpha value is -1.58. The maximum atomic E-state index is 11.9. The molecule has 0 saturated heterocycles. The van der Waals surface area contributed by atoms with Gasteiger partial charge in [0, 0.05) is 17.6 Å². The standard InChI is InChI=1S/C13H10Cl2N2O/c14-8-9-3-5-10(6-4-9)13(18)17-11-2-1-7-16-12(11)15/h1-7H,8H2,(H,17,18). The number of nitrogens with one attached hydrogen (secondary N) is 1. The van der Waals surface area contributed by atoms with E-state index in [0.29, 0.717) is 17.1 Å². The molecule has 0 saturated carbocycles. The van der Waals surface area contributed by atoms with Gasteiger partial charge in [0.25, 0.3) is 5.91 Å². The first-order valence-electron chi connectivity index (χ1n) is 5.27. The number of rotatable bonds is 3. The first-order chi connectivity index (χ1) is 8.70. The summed E-state index contributed by atoms with van der Waals surface area (Å²) in [6.07, 6.45) is 1.56. The van der Waals surface area contributed by atoms with Gasteiger partial charge >= 0.3 is 0 Å². The maximum absolute atomic E-state index is 11.9. The number of amides is 1. The van der Waals surface area contributed by atoms with E-state index in [0.717, 1.165) is 5.56 Å². The molecule has 0 bridgehead atoms. The first kappa shape index (κ1) is 12.9. The summed E-state index contributed by atoms with van der Waals surface area (Å²) in [6, 6.07) is 10.5. The van der Waals surface area contributed by atoms with Gasteiger partial charge in [0.15, 0.2) is 5.15 Å². The van der Waals surface area contributed by atoms with Crippen LogP contribution in [0, 0.1) is 0 Å². The second-order valence-electron chi connectivity index (χ2n) is 3.63. The van der Waals surface area contributed by atoms with Gasteiger partial charge in [-0.1, -0.05) is 23.7 Å². The highest BCUT2D eigenvalue weighted by Crippen LogP contribution is 2.18. The van der Waals surface area contributed by atoms with Gasteiger partial charge in [-0.25, -0.2) is 4.98 Å². The monoisotopic (exact) mass is 280 g/mol. The fourth-order valence-corrected chi connectivity index (χ4v) is 1.76. The molecule has 1 N–H and O–H groups in total. The third-order valence-corrected chi connectivity index (χ3v) is 2.99. The molecule has 5 heteroatoms. The number of carbonyl (C=O) groups is 1. The minimum absolute atomic E-state index is 0.231. The molecule has 0 radical (unpaired) electrons. The molecule has 2 aromatic rings. The lowest BCUT2D eigenvalue weighted by Crippen LogP contribution is -2.12. The maximum Gasteiger partial charge on any atom is 0.255 e. The molecule has 0 unspecified atom stereocenters. The molecule has 92 valence electrons. The number of carbonyl (C=O) groups excluding carboxylic acids is 1. The predicted octanol–water partition coefficient (Wildman–Crippen LogP) is 3.73. The largest absolute Gasteiger partial charge is 0.319 e. The van der Waals surface area contributed by atoms with Crippen molar-refractivity contribution in [3.8, 4) is 0 Å². The van der Waals surface area contributed by atoms with Gasteiger partial charge in [0.1, 0.15) is 0 Å². The average molecular weight is 281 g/mol. The summed E-state index contributed by atoms with van der Waals surface area (Å²) >= 11 is 11.5. The Morgan fingerprint density at radius 3 is 2.56 bits per heavy atom. The van der Waals surface area contributed by atoms with Crippen LogP contribution < -0.4 is 5.32 Å². The molecule has 0 spiro atoms. The molecule has 0 aliphatic rings. The van der Waals surface area contributed by atoms with Crippen LogP contribution in [0.15, 0.2) is 42.6 Å². The molecular weight excluding hydrogens is 271 g/mol. The van der Waals surface area contributed by atoms with Crippen LogP contribution in [0.3, 0.4) is 0 Å². The molecule has 1 heterocycles. The first-order valence-corrected chi connectivity index (χ1v) is 6.18. The minimum Gasteiger partial charge on any atom is -0.319 e. The summed E-state index contributed by atoms with van der Waals surface area (Å²) in [4.78, 5) is 15.8. The van der Waals surface area contributed by atoms with Crippen molar-refractivity contribution in [2.45, 2.75) is 5.88 Å². The smallest absolute Gasteiger partial charge is 0.255 e. The zero-order valence-electron chi connectivity index (χ0n) is 9.36. The van der Waals surface area contributed by atoms with Crippen LogP contribution in [0.25, 0.3) is 0 Å². The van der Waals surface area contributed by atoms with Gasteiger partial charge in [0.2, 0.25) is 0 Å². The molecule has 0 atom stereocenters. The quantitative estimate of drug-likeness (QED) is 0.688. The highest BCUT2D eigenvalue weighted by atomic mass is 35.5. The molecule has 3 nitrogen and oxygen atoms in total. The summed E-state index contributed by atoms with van der Waals surface area (Å²) in [5.74, 6) is 0.196. The van der Waals surface area contributed by atoms with E-state index in [-0.39, 0.29) is 11.1 Å². The number of pyridine rings is 1. The van der Waals surface area contributed by atoms with Crippen molar-refractivity contribution >= 4 is 34.8 Å². The van der Waals surface area contributed by atoms with Gasteiger partial charge < -0.3 is 5.32 Å². The number of hydrogen-bond acceptors (Lipinski definition) is 2. The van der Waals surface area contributed by atoms with Gasteiger partial charge in [-0.3, -0.25) is 4.79 Å². The number of anilines is 1. The lowest BCUT2D eigenvalue weighted by atomic mass is 10.1. The van der Waals surface area contributed by atoms with Gasteiger partial charge in [-0.05, 0) is 29.8 Å². The third-order valence-electron chi connectivity index (χ3n) is 2.38. The Morgan fingerprint density at radius 2 is 1.94 bits per heavy atom. The number of alkyl halides is 1. The predicted molar refractivity (Wildman–Crippen MR) is 73.2 cm³/mol. The Bertz CT molecular complexity index is 555. The summed E-state index contributed by atoms with van der Waals surface area (Å²) < 4.78 is 0. The van der Waals surface area contributed by atoms with E-state index in [1.165, 1.54) is 0 Å². The van der Waals surface area contributed by atoms with E-state index < -0.39 is 0 Å². The summed E-state index contributed by atoms with van der Waals surface area (Å²) in [5.41, 5.74) is 2.00. The van der Waals surface area contributed by atoms with E-state index >= 15 is 0 Å². The average Bonchev–Trinajstić information content (AvgIpc) is 2.41. The van der Waals surface area contributed by atoms with Crippen LogP contribution in [-0.2, 0) is 5.88 Å². The molecule has 1 aromatic heterocycles. The van der Waals surface area contributed by atoms with Crippen molar-refractivity contribution in [3.05, 3.63) is 58.9 Å². The van der Waals surface area contributed by atoms with E-state index in [2.05, 4.69) is 10.3 Å². The van der Waals surface area contributed by atoms with Crippen molar-refractivity contribution in [2.75, 3.05) is 5.32 Å². The highest BCUT2D eigenvalue weighted by Gasteiger charge is 2.08. The zero-order valence-corrected chi connectivity index (χ0v) is 10.9. The molecule has 1 amide bonds. The van der Waals surface area contributed by atoms with Crippen molar-refractivity contribution < 1.29 is 4.79 Å². The van der Waals surface area contributed by atoms with E-state index in [4.69, 9.17) is 23.2 Å². The molecule has 0 fully saturated rings. The van der Waals surface area contributed by atoms with Gasteiger partial charge in [-0.2, -0.15) is 0 Å². The van der Waals surface area contributed by atoms with Crippen LogP contribution in [0.4, 0.5) is 5.69 Å². The normalized spacial score (nSPS) is 10.1. The molecular formula is C13H10Cl2N2O. The molecule has 0 aliphatic carbocycles. The Balaban J connectivity index is 2.14. The fourth-order valence-electron chi connectivity index (χ4n) is 1.42. The number of halogens is 2. The van der Waals surface area contributed by atoms with Crippen molar-refractivity contribution in [1.29, 1.82) is 0 Å². The zero-order chi connectivity index (χ0) is 13.0. The number of benzene rings is 1. The van der Waals surface area contributed by atoms with Crippen molar-refractivity contribution in [3.63, 3.8) is 0 Å². The Morgan fingerprint density at radius 1 is 1.22 bits per heavy atom. The number of aromatic nitrogens is 1. The van der Waals surface area contributed by atoms with Gasteiger partial charge in [-0.15, -0.1) is 11.6 Å². The Kier molecular flexibility index (Phi) is 4.18. The molecule has 0 aliphatic heterocycles. The van der Waals surface area contributed by atoms with E-state index in [9.17, 15) is 4.79 Å². The van der Waals surface area contributed by atoms with Crippen LogP contribution >= 0.6 is 23.2 Å². The van der Waals surface area contributed by atoms with Crippen LogP contribution in [0.1, 0.15) is 15.9 Å². The number of nitrogens with zero attached hydrogens (tertiary/aromatic N) is 1. The lowest BCUT2D eigenvalue weighted by Gasteiger charge is -2.06. The highest BCUT2D eigenvalue weighted by molar-refractivity contribution is 6.32. The molecule has 2 rings (SSSR count). The van der Waals surface area contributed by atoms with Crippen LogP contribution in [0.2, 0.25) is 5.15 Å². The minimum atomic E-state index is -0.231. The van der Waals surface area contributed by atoms with E-state index in [1.54, 1.807) is 30.5 Å². The lowest BCUT2D eigenvalue weighted by molar-refractivity contribution is 0.102. The number of hydrogen-bond donors (Lipinski definition) is 1. The molecule has 18 heavy (non-hydrogen) atoms. The third kappa shape index (κ3) is 3.00. The SMILES string of the molecule is O=C(Nc1cccnc1Cl)c1ccc(CCl)cc1. The second-order valence-corrected chi connectivity index (χ2v) is 4.25. The van der Waals surface area contributed by atoms with Crippen LogP contribution in [0.5, 0.6) is 0 Å². The summed E-state index contributed by atoms with van der Waals surface area (Å²) in [7, 11) is 0. The van der Waals surface area contributed by atoms with Crippen molar-refractivity contribution in [2.24, 2.45) is 0 Å². The summed E-state index contributed by atoms with van der Waals surface area (Å²) in [6.45, 7) is 0. The van der Waals surface area contributed by atoms with Crippen molar-refractivity contribution in [1.82, 2.24) is 4.98 Å². The van der Waals surface area contributed by atoms with Gasteiger partial charge in [0.05, 0.1) is 5.69 Å². The fraction of sp³-hybridized carbons (Fsp3) is 0.0769. The Labute approximate surface area is 115 Å². The van der Waals surface area contributed by atoms with E-state index in [1.807, 2.05) is 12.1 Å². The second kappa shape index (κ2) is 5.85.